The molecule has 7 nitrogen and oxygen atoms in total. The molecule has 2 aromatic rings. The first-order valence-electron chi connectivity index (χ1n) is 10.9. The molecule has 178 valence electrons. The van der Waals surface area contributed by atoms with Crippen LogP contribution in [0, 0.1) is 11.6 Å². The molecule has 33 heavy (non-hydrogen) atoms. The van der Waals surface area contributed by atoms with Gasteiger partial charge in [0.25, 0.3) is 0 Å². The van der Waals surface area contributed by atoms with Crippen LogP contribution in [0.15, 0.2) is 42.5 Å². The molecule has 0 spiro atoms. The molecule has 1 atom stereocenters. The van der Waals surface area contributed by atoms with Crippen molar-refractivity contribution in [3.63, 3.8) is 0 Å². The molecular formula is C23H27F2N3O4S. The second-order valence-electron chi connectivity index (χ2n) is 8.50. The van der Waals surface area contributed by atoms with Crippen LogP contribution in [0.5, 0.6) is 0 Å². The first kappa shape index (κ1) is 23.6. The molecule has 4 rings (SSSR count). The summed E-state index contributed by atoms with van der Waals surface area (Å²) in [5.74, 6) is -1.89. The molecule has 1 saturated heterocycles. The Labute approximate surface area is 192 Å². The highest BCUT2D eigenvalue weighted by molar-refractivity contribution is 7.93. The van der Waals surface area contributed by atoms with Crippen LogP contribution in [0.1, 0.15) is 24.0 Å². The van der Waals surface area contributed by atoms with E-state index in [-0.39, 0.29) is 23.7 Å². The lowest BCUT2D eigenvalue weighted by atomic mass is 10.1. The summed E-state index contributed by atoms with van der Waals surface area (Å²) < 4.78 is 58.8. The Hall–Kier alpha value is -2.56. The minimum atomic E-state index is -3.31. The number of carbonyl (C=O) groups excluding carboxylic acids is 1. The maximum Gasteiger partial charge on any atom is 0.235 e. The predicted molar refractivity (Wildman–Crippen MR) is 120 cm³/mol. The second kappa shape index (κ2) is 10.1. The molecule has 2 fully saturated rings. The van der Waals surface area contributed by atoms with Crippen molar-refractivity contribution in [2.45, 2.75) is 37.2 Å². The number of halogens is 2. The van der Waals surface area contributed by atoms with Crippen LogP contribution in [-0.2, 0) is 32.5 Å². The topological polar surface area (TPSA) is 87.7 Å². The van der Waals surface area contributed by atoms with E-state index in [1.54, 1.807) is 30.3 Å². The summed E-state index contributed by atoms with van der Waals surface area (Å²) in [4.78, 5) is 14.4. The van der Waals surface area contributed by atoms with E-state index in [2.05, 4.69) is 14.9 Å². The highest BCUT2D eigenvalue weighted by atomic mass is 32.2. The number of sulfonamides is 1. The van der Waals surface area contributed by atoms with Crippen molar-refractivity contribution >= 4 is 21.6 Å². The molecule has 1 heterocycles. The lowest BCUT2D eigenvalue weighted by Crippen LogP contribution is -2.47. The first-order valence-corrected chi connectivity index (χ1v) is 12.5. The van der Waals surface area contributed by atoms with Gasteiger partial charge in [-0.25, -0.2) is 17.2 Å². The number of morpholine rings is 1. The van der Waals surface area contributed by atoms with E-state index < -0.39 is 21.7 Å². The monoisotopic (exact) mass is 479 g/mol. The molecule has 1 aliphatic carbocycles. The fraction of sp³-hybridized carbons (Fsp3) is 0.435. The molecule has 2 N–H and O–H groups in total. The third kappa shape index (κ3) is 6.72. The minimum absolute atomic E-state index is 0.164. The van der Waals surface area contributed by atoms with Crippen molar-refractivity contribution in [1.82, 2.24) is 10.2 Å². The first-order chi connectivity index (χ1) is 15.8. The number of carbonyl (C=O) groups is 1. The van der Waals surface area contributed by atoms with E-state index >= 15 is 0 Å². The summed E-state index contributed by atoms with van der Waals surface area (Å²) in [5, 5.41) is 2.57. The lowest BCUT2D eigenvalue weighted by Gasteiger charge is -2.33. The Balaban J connectivity index is 1.21. The molecule has 1 aliphatic heterocycles. The standard InChI is InChI=1S/C23H27F2N3O4S/c24-21-8-3-17(11-22(21)25)14-28-9-10-32-19(15-28)13-26-23(29)12-16-1-4-18(5-2-16)27-33(30,31)20-6-7-20/h1-5,8,11,19-20,27H,6-7,9-10,12-15H2,(H,26,29)/t19-/m0/s1. The molecule has 0 unspecified atom stereocenters. The van der Waals surface area contributed by atoms with Crippen molar-refractivity contribution in [3.8, 4) is 0 Å². The van der Waals surface area contributed by atoms with E-state index in [1.807, 2.05) is 0 Å². The maximum absolute atomic E-state index is 13.4. The van der Waals surface area contributed by atoms with Gasteiger partial charge in [0.15, 0.2) is 11.6 Å². The van der Waals surface area contributed by atoms with Crippen molar-refractivity contribution in [3.05, 3.63) is 65.2 Å². The number of nitrogens with one attached hydrogen (secondary N) is 2. The fourth-order valence-electron chi connectivity index (χ4n) is 3.74. The van der Waals surface area contributed by atoms with Crippen LogP contribution in [-0.4, -0.2) is 56.8 Å². The van der Waals surface area contributed by atoms with Crippen molar-refractivity contribution in [2.75, 3.05) is 31.0 Å². The Morgan fingerprint density at radius 2 is 1.79 bits per heavy atom. The highest BCUT2D eigenvalue weighted by Gasteiger charge is 2.35. The fourth-order valence-corrected chi connectivity index (χ4v) is 5.12. The normalized spacial score (nSPS) is 19.3. The summed E-state index contributed by atoms with van der Waals surface area (Å²) in [5.41, 5.74) is 1.94. The molecule has 10 heteroatoms. The maximum atomic E-state index is 13.4. The third-order valence-corrected chi connectivity index (χ3v) is 7.55. The summed E-state index contributed by atoms with van der Waals surface area (Å²) in [6, 6.07) is 10.6. The molecule has 2 aliphatic rings. The van der Waals surface area contributed by atoms with Gasteiger partial charge in [-0.1, -0.05) is 18.2 Å². The van der Waals surface area contributed by atoms with Crippen LogP contribution < -0.4 is 10.0 Å². The van der Waals surface area contributed by atoms with E-state index in [0.29, 0.717) is 56.9 Å². The minimum Gasteiger partial charge on any atom is -0.374 e. The molecule has 0 aromatic heterocycles. The van der Waals surface area contributed by atoms with Crippen molar-refractivity contribution in [2.24, 2.45) is 0 Å². The molecule has 1 saturated carbocycles. The molecule has 1 amide bonds. The number of hydrogen-bond acceptors (Lipinski definition) is 5. The van der Waals surface area contributed by atoms with Gasteiger partial charge in [0.05, 0.1) is 24.4 Å². The largest absolute Gasteiger partial charge is 0.374 e. The van der Waals surface area contributed by atoms with E-state index in [1.165, 1.54) is 6.07 Å². The SMILES string of the molecule is O=C(Cc1ccc(NS(=O)(=O)C2CC2)cc1)NC[C@H]1CN(Cc2ccc(F)c(F)c2)CCO1. The van der Waals surface area contributed by atoms with Crippen molar-refractivity contribution in [1.29, 1.82) is 0 Å². The average Bonchev–Trinajstić information content (AvgIpc) is 3.63. The zero-order valence-corrected chi connectivity index (χ0v) is 18.9. The summed E-state index contributed by atoms with van der Waals surface area (Å²) in [7, 11) is -3.31. The summed E-state index contributed by atoms with van der Waals surface area (Å²) >= 11 is 0. The van der Waals surface area contributed by atoms with Gasteiger partial charge in [0.2, 0.25) is 15.9 Å². The lowest BCUT2D eigenvalue weighted by molar-refractivity contribution is -0.121. The highest BCUT2D eigenvalue weighted by Crippen LogP contribution is 2.29. The number of ether oxygens (including phenoxy) is 1. The van der Waals surface area contributed by atoms with E-state index in [0.717, 1.165) is 11.6 Å². The van der Waals surface area contributed by atoms with Crippen LogP contribution in [0.3, 0.4) is 0 Å². The average molecular weight is 480 g/mol. The molecular weight excluding hydrogens is 452 g/mol. The van der Waals surface area contributed by atoms with Gasteiger partial charge < -0.3 is 10.1 Å². The number of amides is 1. The van der Waals surface area contributed by atoms with Crippen LogP contribution >= 0.6 is 0 Å². The van der Waals surface area contributed by atoms with Gasteiger partial charge in [-0.3, -0.25) is 14.4 Å². The molecule has 0 radical (unpaired) electrons. The van der Waals surface area contributed by atoms with Gasteiger partial charge in [0, 0.05) is 31.9 Å². The Morgan fingerprint density at radius 3 is 2.48 bits per heavy atom. The second-order valence-corrected chi connectivity index (χ2v) is 10.5. The van der Waals surface area contributed by atoms with Gasteiger partial charge in [-0.15, -0.1) is 0 Å². The Morgan fingerprint density at radius 1 is 1.06 bits per heavy atom. The predicted octanol–water partition coefficient (Wildman–Crippen LogP) is 2.43. The summed E-state index contributed by atoms with van der Waals surface area (Å²) in [6.45, 7) is 2.53. The molecule has 0 bridgehead atoms. The van der Waals surface area contributed by atoms with Crippen LogP contribution in [0.2, 0.25) is 0 Å². The summed E-state index contributed by atoms with van der Waals surface area (Å²) in [6.07, 6.45) is 1.36. The van der Waals surface area contributed by atoms with Gasteiger partial charge in [-0.05, 0) is 48.2 Å². The van der Waals surface area contributed by atoms with Crippen molar-refractivity contribution < 1.29 is 26.7 Å². The number of rotatable bonds is 9. The van der Waals surface area contributed by atoms with E-state index in [9.17, 15) is 22.0 Å². The third-order valence-electron chi connectivity index (χ3n) is 5.68. The van der Waals surface area contributed by atoms with Crippen LogP contribution in [0.25, 0.3) is 0 Å². The van der Waals surface area contributed by atoms with Gasteiger partial charge in [-0.2, -0.15) is 0 Å². The van der Waals surface area contributed by atoms with Crippen LogP contribution in [0.4, 0.5) is 14.5 Å². The number of anilines is 1. The van der Waals surface area contributed by atoms with Gasteiger partial charge in [0.1, 0.15) is 0 Å². The zero-order chi connectivity index (χ0) is 23.4. The Bertz CT molecular complexity index is 1090. The molecule has 2 aromatic carbocycles. The number of nitrogens with zero attached hydrogens (tertiary/aromatic N) is 1. The quantitative estimate of drug-likeness (QED) is 0.577. The zero-order valence-electron chi connectivity index (χ0n) is 18.1. The number of benzene rings is 2. The number of hydrogen-bond donors (Lipinski definition) is 2. The van der Waals surface area contributed by atoms with E-state index in [4.69, 9.17) is 4.74 Å². The smallest absolute Gasteiger partial charge is 0.235 e. The Kier molecular flexibility index (Phi) is 7.26. The van der Waals surface area contributed by atoms with Gasteiger partial charge >= 0.3 is 0 Å².